The summed E-state index contributed by atoms with van der Waals surface area (Å²) in [5.74, 6) is 0.952. The maximum Gasteiger partial charge on any atom is 0.124 e. The fraction of sp³-hybridized carbons (Fsp3) is 0.250. The van der Waals surface area contributed by atoms with Gasteiger partial charge in [-0.25, -0.2) is 0 Å². The molecule has 0 saturated heterocycles. The third-order valence-corrected chi connectivity index (χ3v) is 2.87. The molecule has 0 aliphatic carbocycles. The van der Waals surface area contributed by atoms with Gasteiger partial charge in [0, 0.05) is 24.4 Å². The lowest BCUT2D eigenvalue weighted by Crippen LogP contribution is -2.20. The normalized spacial score (nSPS) is 18.9. The number of fused-ring (bicyclic) bond motifs is 1. The molecule has 2 aromatic rings. The highest BCUT2D eigenvalue weighted by Gasteiger charge is 2.22. The molecule has 0 N–H and O–H groups in total. The molecule has 1 aliphatic heterocycles. The fourth-order valence-corrected chi connectivity index (χ4v) is 2.12. The molecule has 0 fully saturated rings. The average Bonchev–Trinajstić information content (AvgIpc) is 2.75. The molecule has 78 valence electrons. The Morgan fingerprint density at radius 1 is 1.38 bits per heavy atom. The number of benzene rings is 1. The molecule has 1 aliphatic rings. The summed E-state index contributed by atoms with van der Waals surface area (Å²) in [6.45, 7) is 0.724. The molecule has 0 spiro atoms. The van der Waals surface area contributed by atoms with E-state index in [0.717, 1.165) is 18.8 Å². The molecule has 0 amide bonds. The van der Waals surface area contributed by atoms with Crippen molar-refractivity contribution in [2.24, 2.45) is 0 Å². The second-order valence-electron chi connectivity index (χ2n) is 3.94. The molecule has 0 saturated carbocycles. The highest BCUT2D eigenvalue weighted by atomic mass is 16.5. The van der Waals surface area contributed by atoms with Gasteiger partial charge in [-0.15, -0.1) is 0 Å². The molecule has 2 radical (unpaired) electrons. The van der Waals surface area contributed by atoms with E-state index in [1.807, 2.05) is 29.1 Å². The second kappa shape index (κ2) is 3.70. The number of ether oxygens (including phenoxy) is 1. The van der Waals surface area contributed by atoms with Crippen LogP contribution in [0.25, 0.3) is 0 Å². The Hall–Kier alpha value is -1.71. The van der Waals surface area contributed by atoms with E-state index in [-0.39, 0.29) is 6.04 Å². The first-order chi connectivity index (χ1) is 7.84. The predicted octanol–water partition coefficient (Wildman–Crippen LogP) is 1.05. The minimum atomic E-state index is 0.238. The topological polar surface area (TPSA) is 27.1 Å². The van der Waals surface area contributed by atoms with Crippen LogP contribution in [-0.4, -0.2) is 24.2 Å². The Morgan fingerprint density at radius 3 is 3.06 bits per heavy atom. The first kappa shape index (κ1) is 9.52. The van der Waals surface area contributed by atoms with Gasteiger partial charge in [-0.2, -0.15) is 5.10 Å². The molecule has 16 heavy (non-hydrogen) atoms. The van der Waals surface area contributed by atoms with Crippen LogP contribution in [0.1, 0.15) is 18.0 Å². The Bertz CT molecular complexity index is 509. The zero-order chi connectivity index (χ0) is 11.0. The van der Waals surface area contributed by atoms with E-state index >= 15 is 0 Å². The number of nitrogens with zero attached hydrogens (tertiary/aromatic N) is 2. The quantitative estimate of drug-likeness (QED) is 0.657. The molecule has 1 aromatic heterocycles. The third-order valence-electron chi connectivity index (χ3n) is 2.87. The molecule has 1 atom stereocenters. The highest BCUT2D eigenvalue weighted by Crippen LogP contribution is 2.33. The molecular weight excluding hydrogens is 199 g/mol. The Morgan fingerprint density at radius 2 is 2.25 bits per heavy atom. The van der Waals surface area contributed by atoms with Gasteiger partial charge in [-0.05, 0) is 6.07 Å². The highest BCUT2D eigenvalue weighted by molar-refractivity contribution is 6.31. The monoisotopic (exact) mass is 210 g/mol. The average molecular weight is 210 g/mol. The van der Waals surface area contributed by atoms with Crippen LogP contribution in [0.3, 0.4) is 0 Å². The summed E-state index contributed by atoms with van der Waals surface area (Å²) >= 11 is 0. The Balaban J connectivity index is 2.04. The van der Waals surface area contributed by atoms with Crippen LogP contribution in [0.2, 0.25) is 0 Å². The van der Waals surface area contributed by atoms with Crippen LogP contribution in [0.4, 0.5) is 0 Å². The van der Waals surface area contributed by atoms with E-state index < -0.39 is 0 Å². The first-order valence-electron chi connectivity index (χ1n) is 5.36. The minimum absolute atomic E-state index is 0.238. The lowest BCUT2D eigenvalue weighted by atomic mass is 9.99. The van der Waals surface area contributed by atoms with Gasteiger partial charge in [-0.3, -0.25) is 4.68 Å². The van der Waals surface area contributed by atoms with Gasteiger partial charge in [0.15, 0.2) is 0 Å². The summed E-state index contributed by atoms with van der Waals surface area (Å²) in [6.07, 6.45) is 4.48. The summed E-state index contributed by atoms with van der Waals surface area (Å²) in [4.78, 5) is 0. The van der Waals surface area contributed by atoms with Gasteiger partial charge in [-0.1, -0.05) is 23.7 Å². The van der Waals surface area contributed by atoms with Gasteiger partial charge in [0.25, 0.3) is 0 Å². The van der Waals surface area contributed by atoms with Crippen LogP contribution >= 0.6 is 0 Å². The van der Waals surface area contributed by atoms with Crippen molar-refractivity contribution >= 4 is 13.3 Å². The molecule has 3 rings (SSSR count). The molecular formula is C12H11BN2O. The van der Waals surface area contributed by atoms with Crippen molar-refractivity contribution in [2.45, 2.75) is 12.5 Å². The lowest BCUT2D eigenvalue weighted by molar-refractivity contribution is 0.250. The van der Waals surface area contributed by atoms with E-state index in [4.69, 9.17) is 12.6 Å². The number of hydrogen-bond acceptors (Lipinski definition) is 2. The van der Waals surface area contributed by atoms with Crippen LogP contribution in [-0.2, 0) is 0 Å². The maximum atomic E-state index is 5.69. The molecule has 2 heterocycles. The number of para-hydroxylation sites is 1. The van der Waals surface area contributed by atoms with E-state index in [1.165, 1.54) is 5.56 Å². The van der Waals surface area contributed by atoms with Crippen LogP contribution in [0.5, 0.6) is 5.75 Å². The molecule has 1 aromatic carbocycles. The van der Waals surface area contributed by atoms with Gasteiger partial charge >= 0.3 is 0 Å². The SMILES string of the molecule is [B]c1cnn(C2CCOc3ccccc32)c1. The van der Waals surface area contributed by atoms with Gasteiger partial charge in [0.1, 0.15) is 13.6 Å². The fourth-order valence-electron chi connectivity index (χ4n) is 2.12. The predicted molar refractivity (Wildman–Crippen MR) is 62.3 cm³/mol. The minimum Gasteiger partial charge on any atom is -0.493 e. The molecule has 4 heteroatoms. The van der Waals surface area contributed by atoms with E-state index in [9.17, 15) is 0 Å². The van der Waals surface area contributed by atoms with Crippen molar-refractivity contribution in [2.75, 3.05) is 6.61 Å². The second-order valence-corrected chi connectivity index (χ2v) is 3.94. The zero-order valence-electron chi connectivity index (χ0n) is 8.84. The van der Waals surface area contributed by atoms with E-state index in [2.05, 4.69) is 11.2 Å². The molecule has 1 unspecified atom stereocenters. The number of hydrogen-bond donors (Lipinski definition) is 0. The van der Waals surface area contributed by atoms with Crippen molar-refractivity contribution in [1.82, 2.24) is 9.78 Å². The molecule has 3 nitrogen and oxygen atoms in total. The van der Waals surface area contributed by atoms with E-state index in [0.29, 0.717) is 5.46 Å². The Labute approximate surface area is 95.5 Å². The molecule has 0 bridgehead atoms. The summed E-state index contributed by atoms with van der Waals surface area (Å²) in [7, 11) is 5.69. The van der Waals surface area contributed by atoms with Gasteiger partial charge in [0.05, 0.1) is 12.6 Å². The zero-order valence-corrected chi connectivity index (χ0v) is 8.84. The van der Waals surface area contributed by atoms with Crippen molar-refractivity contribution in [3.63, 3.8) is 0 Å². The van der Waals surface area contributed by atoms with E-state index in [1.54, 1.807) is 6.20 Å². The van der Waals surface area contributed by atoms with Gasteiger partial charge < -0.3 is 4.74 Å². The van der Waals surface area contributed by atoms with Crippen molar-refractivity contribution < 1.29 is 4.74 Å². The van der Waals surface area contributed by atoms with Crippen molar-refractivity contribution in [3.8, 4) is 5.75 Å². The summed E-state index contributed by atoms with van der Waals surface area (Å²) < 4.78 is 7.52. The van der Waals surface area contributed by atoms with Crippen LogP contribution in [0, 0.1) is 0 Å². The van der Waals surface area contributed by atoms with Gasteiger partial charge in [0.2, 0.25) is 0 Å². The summed E-state index contributed by atoms with van der Waals surface area (Å²) in [6, 6.07) is 8.32. The maximum absolute atomic E-state index is 5.69. The summed E-state index contributed by atoms with van der Waals surface area (Å²) in [5, 5.41) is 4.27. The largest absolute Gasteiger partial charge is 0.493 e. The number of rotatable bonds is 1. The number of aromatic nitrogens is 2. The van der Waals surface area contributed by atoms with Crippen LogP contribution < -0.4 is 10.2 Å². The third kappa shape index (κ3) is 1.50. The van der Waals surface area contributed by atoms with Crippen LogP contribution in [0.15, 0.2) is 36.7 Å². The smallest absolute Gasteiger partial charge is 0.124 e. The first-order valence-corrected chi connectivity index (χ1v) is 5.36. The van der Waals surface area contributed by atoms with Crippen molar-refractivity contribution in [1.29, 1.82) is 0 Å². The summed E-state index contributed by atoms with van der Waals surface area (Å²) in [5.41, 5.74) is 1.88. The standard InChI is InChI=1S/C12H11BN2O/c13-9-7-14-15(8-9)11-5-6-16-12-4-2-1-3-10(11)12/h1-4,7-8,11H,5-6H2. The Kier molecular flexibility index (Phi) is 2.20. The lowest BCUT2D eigenvalue weighted by Gasteiger charge is -2.26. The van der Waals surface area contributed by atoms with Crippen molar-refractivity contribution in [3.05, 3.63) is 42.2 Å².